The van der Waals surface area contributed by atoms with Crippen molar-refractivity contribution >= 4 is 44.8 Å². The van der Waals surface area contributed by atoms with E-state index in [0.29, 0.717) is 4.88 Å². The normalized spacial score (nSPS) is 9.95. The molecule has 2 N–H and O–H groups in total. The number of rotatable bonds is 3. The van der Waals surface area contributed by atoms with E-state index in [2.05, 4.69) is 26.8 Å². The van der Waals surface area contributed by atoms with Crippen LogP contribution in [0.1, 0.15) is 20.0 Å². The average molecular weight is 370 g/mol. The molecule has 0 aliphatic heterocycles. The molecular weight excluding hydrogens is 362 g/mol. The molecule has 108 valence electrons. The number of benzene rings is 1. The maximum atomic E-state index is 11.8. The van der Waals surface area contributed by atoms with E-state index in [9.17, 15) is 19.7 Å². The third kappa shape index (κ3) is 3.86. The van der Waals surface area contributed by atoms with Gasteiger partial charge in [-0.3, -0.25) is 30.6 Å². The molecule has 2 rings (SSSR count). The van der Waals surface area contributed by atoms with Gasteiger partial charge in [-0.2, -0.15) is 0 Å². The highest BCUT2D eigenvalue weighted by Gasteiger charge is 2.13. The number of halogens is 1. The van der Waals surface area contributed by atoms with Crippen LogP contribution >= 0.6 is 27.3 Å². The Kier molecular flexibility index (Phi) is 4.66. The van der Waals surface area contributed by atoms with Crippen molar-refractivity contribution in [2.24, 2.45) is 0 Å². The molecule has 0 saturated carbocycles. The second-order valence-corrected chi connectivity index (χ2v) is 6.28. The second-order valence-electron chi connectivity index (χ2n) is 3.82. The smallest absolute Gasteiger partial charge is 0.267 e. The van der Waals surface area contributed by atoms with Crippen molar-refractivity contribution in [2.75, 3.05) is 0 Å². The topological polar surface area (TPSA) is 101 Å². The largest absolute Gasteiger partial charge is 0.279 e. The molecule has 1 aromatic heterocycles. The summed E-state index contributed by atoms with van der Waals surface area (Å²) < 4.78 is 0.790. The third-order valence-electron chi connectivity index (χ3n) is 2.41. The predicted molar refractivity (Wildman–Crippen MR) is 80.0 cm³/mol. The van der Waals surface area contributed by atoms with E-state index in [-0.39, 0.29) is 11.3 Å². The van der Waals surface area contributed by atoms with Crippen LogP contribution in [0.2, 0.25) is 0 Å². The van der Waals surface area contributed by atoms with Gasteiger partial charge >= 0.3 is 0 Å². The van der Waals surface area contributed by atoms with Crippen molar-refractivity contribution in [3.63, 3.8) is 0 Å². The molecule has 0 radical (unpaired) electrons. The third-order valence-corrected chi connectivity index (χ3v) is 4.03. The number of amides is 2. The first kappa shape index (κ1) is 15.1. The van der Waals surface area contributed by atoms with E-state index >= 15 is 0 Å². The van der Waals surface area contributed by atoms with E-state index in [4.69, 9.17) is 0 Å². The van der Waals surface area contributed by atoms with E-state index < -0.39 is 16.7 Å². The van der Waals surface area contributed by atoms with Gasteiger partial charge in [0.2, 0.25) is 0 Å². The summed E-state index contributed by atoms with van der Waals surface area (Å²) in [6, 6.07) is 8.52. The fourth-order valence-electron chi connectivity index (χ4n) is 1.44. The number of nitro groups is 1. The molecule has 0 aliphatic carbocycles. The number of nitro benzene ring substituents is 1. The van der Waals surface area contributed by atoms with E-state index in [1.165, 1.54) is 29.5 Å². The molecule has 2 aromatic rings. The number of hydrogen-bond donors (Lipinski definition) is 2. The molecule has 0 unspecified atom stereocenters. The minimum Gasteiger partial charge on any atom is -0.267 e. The maximum Gasteiger partial charge on any atom is 0.279 e. The summed E-state index contributed by atoms with van der Waals surface area (Å²) >= 11 is 4.44. The molecule has 1 heterocycles. The Labute approximate surface area is 131 Å². The lowest BCUT2D eigenvalue weighted by Gasteiger charge is -2.06. The number of nitrogens with zero attached hydrogens (tertiary/aromatic N) is 1. The number of hydrogen-bond acceptors (Lipinski definition) is 5. The van der Waals surface area contributed by atoms with Crippen molar-refractivity contribution in [1.82, 2.24) is 10.9 Å². The number of carbonyl (C=O) groups excluding carboxylic acids is 2. The van der Waals surface area contributed by atoms with Crippen molar-refractivity contribution in [3.8, 4) is 0 Å². The lowest BCUT2D eigenvalue weighted by Crippen LogP contribution is -2.41. The van der Waals surface area contributed by atoms with Crippen LogP contribution in [-0.4, -0.2) is 16.7 Å². The van der Waals surface area contributed by atoms with Crippen LogP contribution in [0.15, 0.2) is 40.2 Å². The Morgan fingerprint density at radius 3 is 2.48 bits per heavy atom. The molecule has 9 heteroatoms. The first-order valence-electron chi connectivity index (χ1n) is 5.58. The summed E-state index contributed by atoms with van der Waals surface area (Å²) in [4.78, 5) is 34.0. The quantitative estimate of drug-likeness (QED) is 0.640. The molecule has 0 aliphatic rings. The van der Waals surface area contributed by atoms with Crippen molar-refractivity contribution in [3.05, 3.63) is 60.7 Å². The summed E-state index contributed by atoms with van der Waals surface area (Å²) in [5.74, 6) is -1.10. The van der Waals surface area contributed by atoms with Gasteiger partial charge in [-0.1, -0.05) is 6.07 Å². The number of nitrogens with one attached hydrogen (secondary N) is 2. The monoisotopic (exact) mass is 369 g/mol. The van der Waals surface area contributed by atoms with E-state index in [1.54, 1.807) is 12.1 Å². The first-order valence-corrected chi connectivity index (χ1v) is 7.19. The van der Waals surface area contributed by atoms with E-state index in [1.807, 2.05) is 0 Å². The summed E-state index contributed by atoms with van der Waals surface area (Å²) in [7, 11) is 0. The number of thiophene rings is 1. The van der Waals surface area contributed by atoms with E-state index in [0.717, 1.165) is 9.85 Å². The van der Waals surface area contributed by atoms with Crippen LogP contribution in [0.25, 0.3) is 0 Å². The van der Waals surface area contributed by atoms with Crippen LogP contribution in [0.5, 0.6) is 0 Å². The zero-order chi connectivity index (χ0) is 15.4. The fourth-order valence-corrected chi connectivity index (χ4v) is 2.73. The van der Waals surface area contributed by atoms with Gasteiger partial charge in [-0.05, 0) is 34.1 Å². The average Bonchev–Trinajstić information content (AvgIpc) is 2.91. The minimum atomic E-state index is -0.636. The Balaban J connectivity index is 2.00. The van der Waals surface area contributed by atoms with Crippen LogP contribution in [0, 0.1) is 10.1 Å². The molecule has 0 bridgehead atoms. The molecule has 0 fully saturated rings. The molecule has 7 nitrogen and oxygen atoms in total. The highest BCUT2D eigenvalue weighted by Crippen LogP contribution is 2.21. The molecule has 0 saturated heterocycles. The van der Waals surface area contributed by atoms with Crippen LogP contribution < -0.4 is 10.9 Å². The second kappa shape index (κ2) is 6.46. The van der Waals surface area contributed by atoms with Crippen LogP contribution in [-0.2, 0) is 0 Å². The highest BCUT2D eigenvalue weighted by atomic mass is 79.9. The Hall–Kier alpha value is -2.26. The van der Waals surface area contributed by atoms with Gasteiger partial charge in [-0.15, -0.1) is 11.3 Å². The minimum absolute atomic E-state index is 0.0804. The fraction of sp³-hybridized carbons (Fsp3) is 0. The van der Waals surface area contributed by atoms with Gasteiger partial charge in [0, 0.05) is 17.7 Å². The predicted octanol–water partition coefficient (Wildman–Crippen LogP) is 2.49. The highest BCUT2D eigenvalue weighted by molar-refractivity contribution is 9.11. The standard InChI is InChI=1S/C12H8BrN3O4S/c13-10-5-4-9(21-10)12(18)15-14-11(17)7-2-1-3-8(6-7)16(19)20/h1-6H,(H,14,17)(H,15,18). The number of carbonyl (C=O) groups is 2. The van der Waals surface area contributed by atoms with Gasteiger partial charge in [-0.25, -0.2) is 0 Å². The summed E-state index contributed by atoms with van der Waals surface area (Å²) in [5.41, 5.74) is 4.33. The maximum absolute atomic E-state index is 11.8. The number of hydrazine groups is 1. The van der Waals surface area contributed by atoms with Crippen molar-refractivity contribution in [1.29, 1.82) is 0 Å². The first-order chi connectivity index (χ1) is 9.97. The Morgan fingerprint density at radius 1 is 1.14 bits per heavy atom. The van der Waals surface area contributed by atoms with Crippen LogP contribution in [0.4, 0.5) is 5.69 Å². The van der Waals surface area contributed by atoms with Crippen molar-refractivity contribution in [2.45, 2.75) is 0 Å². The zero-order valence-electron chi connectivity index (χ0n) is 10.3. The SMILES string of the molecule is O=C(NNC(=O)c1ccc(Br)s1)c1cccc([N+](=O)[O-])c1. The van der Waals surface area contributed by atoms with Gasteiger partial charge < -0.3 is 0 Å². The summed E-state index contributed by atoms with van der Waals surface area (Å²) in [6.07, 6.45) is 0. The molecule has 21 heavy (non-hydrogen) atoms. The van der Waals surface area contributed by atoms with Gasteiger partial charge in [0.25, 0.3) is 17.5 Å². The molecule has 1 aromatic carbocycles. The van der Waals surface area contributed by atoms with Gasteiger partial charge in [0.15, 0.2) is 0 Å². The van der Waals surface area contributed by atoms with Crippen molar-refractivity contribution < 1.29 is 14.5 Å². The van der Waals surface area contributed by atoms with Gasteiger partial charge in [0.05, 0.1) is 13.6 Å². The van der Waals surface area contributed by atoms with Crippen LogP contribution in [0.3, 0.4) is 0 Å². The molecule has 0 spiro atoms. The molecule has 0 atom stereocenters. The Bertz CT molecular complexity index is 716. The lowest BCUT2D eigenvalue weighted by atomic mass is 10.2. The molecule has 2 amide bonds. The molecular formula is C12H8BrN3O4S. The number of non-ortho nitro benzene ring substituents is 1. The zero-order valence-corrected chi connectivity index (χ0v) is 12.7. The lowest BCUT2D eigenvalue weighted by molar-refractivity contribution is -0.384. The van der Waals surface area contributed by atoms with Gasteiger partial charge in [0.1, 0.15) is 0 Å². The summed E-state index contributed by atoms with van der Waals surface area (Å²) in [6.45, 7) is 0. The summed E-state index contributed by atoms with van der Waals surface area (Å²) in [5, 5.41) is 10.6. The Morgan fingerprint density at radius 2 is 1.86 bits per heavy atom.